The first kappa shape index (κ1) is 23.0. The lowest BCUT2D eigenvalue weighted by Crippen LogP contribution is -2.23. The van der Waals surface area contributed by atoms with Gasteiger partial charge in [-0.15, -0.1) is 5.10 Å². The van der Waals surface area contributed by atoms with Crippen molar-refractivity contribution in [1.82, 2.24) is 5.32 Å². The quantitative estimate of drug-likeness (QED) is 0.414. The third-order valence-electron chi connectivity index (χ3n) is 4.68. The Morgan fingerprint density at radius 3 is 2.39 bits per heavy atom. The van der Waals surface area contributed by atoms with Crippen LogP contribution in [0.4, 0.5) is 0 Å². The van der Waals surface area contributed by atoms with Gasteiger partial charge in [0.1, 0.15) is 4.90 Å². The molecular weight excluding hydrogens is 434 g/mol. The summed E-state index contributed by atoms with van der Waals surface area (Å²) in [5.74, 6) is 0.0601. The summed E-state index contributed by atoms with van der Waals surface area (Å²) in [5.41, 5.74) is 2.05. The molecule has 0 bridgehead atoms. The highest BCUT2D eigenvalue weighted by atomic mass is 32.2. The number of benzene rings is 2. The first-order valence-electron chi connectivity index (χ1n) is 9.70. The van der Waals surface area contributed by atoms with E-state index in [9.17, 15) is 13.2 Å². The summed E-state index contributed by atoms with van der Waals surface area (Å²) >= 11 is 1.27. The highest BCUT2D eigenvalue weighted by molar-refractivity contribution is 8.15. The molecule has 3 rings (SSSR count). The van der Waals surface area contributed by atoms with E-state index in [2.05, 4.69) is 36.3 Å². The van der Waals surface area contributed by atoms with Crippen LogP contribution in [-0.2, 0) is 20.3 Å². The highest BCUT2D eigenvalue weighted by Gasteiger charge is 2.26. The molecule has 1 aliphatic rings. The minimum atomic E-state index is -4.03. The van der Waals surface area contributed by atoms with Crippen molar-refractivity contribution in [3.8, 4) is 5.75 Å². The molecular formula is C22H25N3O4S2. The molecule has 1 unspecified atom stereocenters. The van der Waals surface area contributed by atoms with Crippen LogP contribution < -0.4 is 9.50 Å². The first-order valence-corrected chi connectivity index (χ1v) is 12.0. The van der Waals surface area contributed by atoms with E-state index in [1.54, 1.807) is 56.3 Å². The van der Waals surface area contributed by atoms with E-state index in [0.717, 1.165) is 5.56 Å². The summed E-state index contributed by atoms with van der Waals surface area (Å²) in [7, 11) is -4.03. The zero-order chi connectivity index (χ0) is 22.8. The Morgan fingerprint density at radius 2 is 1.81 bits per heavy atom. The minimum absolute atomic E-state index is 0.0749. The van der Waals surface area contributed by atoms with E-state index < -0.39 is 10.1 Å². The van der Waals surface area contributed by atoms with Crippen molar-refractivity contribution < 1.29 is 17.4 Å². The maximum Gasteiger partial charge on any atom is 0.339 e. The van der Waals surface area contributed by atoms with Crippen LogP contribution in [0.5, 0.6) is 5.75 Å². The fourth-order valence-corrected chi connectivity index (χ4v) is 4.59. The first-order chi connectivity index (χ1) is 14.5. The predicted molar refractivity (Wildman–Crippen MR) is 124 cm³/mol. The van der Waals surface area contributed by atoms with Crippen LogP contribution in [0.25, 0.3) is 0 Å². The van der Waals surface area contributed by atoms with Crippen LogP contribution in [0, 0.1) is 6.92 Å². The molecule has 1 saturated heterocycles. The number of amidine groups is 1. The molecule has 2 aromatic carbocycles. The number of aryl methyl sites for hydroxylation is 1. The normalized spacial score (nSPS) is 18.5. The molecule has 31 heavy (non-hydrogen) atoms. The average Bonchev–Trinajstić information content (AvgIpc) is 3.01. The number of rotatable bonds is 5. The minimum Gasteiger partial charge on any atom is -0.378 e. The highest BCUT2D eigenvalue weighted by Crippen LogP contribution is 2.28. The molecule has 0 spiro atoms. The Bertz CT molecular complexity index is 1150. The van der Waals surface area contributed by atoms with Crippen molar-refractivity contribution in [1.29, 1.82) is 0 Å². The Labute approximate surface area is 187 Å². The van der Waals surface area contributed by atoms with Gasteiger partial charge >= 0.3 is 10.1 Å². The molecule has 0 aromatic heterocycles. The topological polar surface area (TPSA) is 97.2 Å². The number of thioether (sulfide) groups is 1. The number of para-hydroxylation sites is 1. The molecule has 0 radical (unpaired) electrons. The van der Waals surface area contributed by atoms with Gasteiger partial charge in [0.2, 0.25) is 5.91 Å². The van der Waals surface area contributed by atoms with E-state index in [-0.39, 0.29) is 27.2 Å². The third kappa shape index (κ3) is 5.54. The van der Waals surface area contributed by atoms with E-state index in [1.807, 2.05) is 0 Å². The fourth-order valence-electron chi connectivity index (χ4n) is 2.82. The zero-order valence-corrected chi connectivity index (χ0v) is 19.7. The van der Waals surface area contributed by atoms with Gasteiger partial charge < -0.3 is 9.50 Å². The van der Waals surface area contributed by atoms with Crippen LogP contribution in [0.3, 0.4) is 0 Å². The molecule has 1 aliphatic heterocycles. The van der Waals surface area contributed by atoms with Gasteiger partial charge in [-0.05, 0) is 48.6 Å². The molecule has 0 saturated carbocycles. The van der Waals surface area contributed by atoms with Crippen molar-refractivity contribution in [3.05, 3.63) is 59.2 Å². The van der Waals surface area contributed by atoms with Crippen molar-refractivity contribution in [2.45, 2.75) is 50.2 Å². The molecule has 1 atom stereocenters. The summed E-state index contributed by atoms with van der Waals surface area (Å²) in [6, 6.07) is 11.9. The van der Waals surface area contributed by atoms with E-state index in [4.69, 9.17) is 4.18 Å². The maximum absolute atomic E-state index is 12.9. The van der Waals surface area contributed by atoms with Gasteiger partial charge in [-0.3, -0.25) is 4.79 Å². The van der Waals surface area contributed by atoms with Crippen molar-refractivity contribution in [2.24, 2.45) is 10.2 Å². The molecule has 7 nitrogen and oxygen atoms in total. The summed E-state index contributed by atoms with van der Waals surface area (Å²) in [5, 5.41) is 10.8. The second-order valence-electron chi connectivity index (χ2n) is 8.20. The Balaban J connectivity index is 1.85. The van der Waals surface area contributed by atoms with Crippen molar-refractivity contribution in [3.63, 3.8) is 0 Å². The van der Waals surface area contributed by atoms with Crippen molar-refractivity contribution in [2.75, 3.05) is 0 Å². The molecule has 2 aromatic rings. The molecule has 9 heteroatoms. The predicted octanol–water partition coefficient (Wildman–Crippen LogP) is 4.00. The number of carbonyl (C=O) groups excluding carboxylic acids is 1. The lowest BCUT2D eigenvalue weighted by atomic mass is 9.87. The van der Waals surface area contributed by atoms with Crippen molar-refractivity contribution >= 4 is 39.2 Å². The second kappa shape index (κ2) is 8.84. The van der Waals surface area contributed by atoms with E-state index >= 15 is 0 Å². The number of carbonyl (C=O) groups is 1. The van der Waals surface area contributed by atoms with Gasteiger partial charge in [-0.2, -0.15) is 13.5 Å². The number of hydrogen-bond donors (Lipinski definition) is 1. The molecule has 164 valence electrons. The van der Waals surface area contributed by atoms with Gasteiger partial charge in [-0.25, -0.2) is 0 Å². The SMILES string of the molecule is Cc1cccc(/C=N/N=C2/NC(=O)C(C)S2)c1OS(=O)(=O)c1ccc(C(C)(C)C)cc1. The average molecular weight is 460 g/mol. The van der Waals surface area contributed by atoms with E-state index in [1.165, 1.54) is 18.0 Å². The Kier molecular flexibility index (Phi) is 6.56. The van der Waals surface area contributed by atoms with Crippen LogP contribution >= 0.6 is 11.8 Å². The number of nitrogens with one attached hydrogen (secondary N) is 1. The van der Waals surface area contributed by atoms with Gasteiger partial charge in [0.15, 0.2) is 10.9 Å². The fraction of sp³-hybridized carbons (Fsp3) is 0.318. The van der Waals surface area contributed by atoms with Gasteiger partial charge in [0, 0.05) is 5.56 Å². The monoisotopic (exact) mass is 459 g/mol. The van der Waals surface area contributed by atoms with Gasteiger partial charge in [-0.1, -0.05) is 56.8 Å². The summed E-state index contributed by atoms with van der Waals surface area (Å²) in [6.45, 7) is 9.71. The van der Waals surface area contributed by atoms with E-state index in [0.29, 0.717) is 16.3 Å². The third-order valence-corrected chi connectivity index (χ3v) is 6.89. The smallest absolute Gasteiger partial charge is 0.339 e. The number of hydrogen-bond acceptors (Lipinski definition) is 7. The number of amides is 1. The maximum atomic E-state index is 12.9. The van der Waals surface area contributed by atoms with Crippen LogP contribution in [-0.4, -0.2) is 31.0 Å². The van der Waals surface area contributed by atoms with Gasteiger partial charge in [0.05, 0.1) is 11.5 Å². The largest absolute Gasteiger partial charge is 0.378 e. The summed E-state index contributed by atoms with van der Waals surface area (Å²) < 4.78 is 31.2. The summed E-state index contributed by atoms with van der Waals surface area (Å²) in [6.07, 6.45) is 1.41. The lowest BCUT2D eigenvalue weighted by molar-refractivity contribution is -0.118. The molecule has 1 fully saturated rings. The Hall–Kier alpha value is -2.65. The standard InChI is InChI=1S/C22H25N3O4S2/c1-14-7-6-8-16(13-23-25-21-24-20(26)15(2)30-21)19(14)29-31(27,28)18-11-9-17(10-12-18)22(3,4)5/h6-13,15H,1-5H3,(H,24,25,26)/b23-13+. The molecule has 1 amide bonds. The van der Waals surface area contributed by atoms with Gasteiger partial charge in [0.25, 0.3) is 0 Å². The van der Waals surface area contributed by atoms with Crippen LogP contribution in [0.15, 0.2) is 57.6 Å². The number of nitrogens with zero attached hydrogens (tertiary/aromatic N) is 2. The van der Waals surface area contributed by atoms with Crippen LogP contribution in [0.1, 0.15) is 44.4 Å². The lowest BCUT2D eigenvalue weighted by Gasteiger charge is -2.19. The molecule has 1 N–H and O–H groups in total. The molecule has 0 aliphatic carbocycles. The zero-order valence-electron chi connectivity index (χ0n) is 18.0. The van der Waals surface area contributed by atoms with Crippen LogP contribution in [0.2, 0.25) is 0 Å². The Morgan fingerprint density at radius 1 is 1.13 bits per heavy atom. The second-order valence-corrected chi connectivity index (χ2v) is 11.1. The summed E-state index contributed by atoms with van der Waals surface area (Å²) in [4.78, 5) is 11.6. The molecule has 1 heterocycles.